The van der Waals surface area contributed by atoms with Crippen LogP contribution in [-0.2, 0) is 26.5 Å². The van der Waals surface area contributed by atoms with E-state index in [-0.39, 0.29) is 11.7 Å². The van der Waals surface area contributed by atoms with Gasteiger partial charge in [0, 0.05) is 6.92 Å². The number of sulfonamides is 1. The molecule has 1 amide bonds. The molecule has 1 aromatic heterocycles. The predicted molar refractivity (Wildman–Crippen MR) is 86.8 cm³/mol. The van der Waals surface area contributed by atoms with Crippen molar-refractivity contribution in [2.24, 2.45) is 0 Å². The molecule has 1 aromatic carbocycles. The number of rotatable bonds is 6. The van der Waals surface area contributed by atoms with Crippen molar-refractivity contribution in [2.75, 3.05) is 6.54 Å². The van der Waals surface area contributed by atoms with Crippen molar-refractivity contribution in [3.05, 3.63) is 41.5 Å². The number of carbonyl (C=O) groups excluding carboxylic acids is 1. The van der Waals surface area contributed by atoms with Gasteiger partial charge in [-0.1, -0.05) is 11.2 Å². The second-order valence-electron chi connectivity index (χ2n) is 6.16. The third-order valence-corrected chi connectivity index (χ3v) is 4.83. The van der Waals surface area contributed by atoms with Gasteiger partial charge < -0.3 is 9.84 Å². The number of nitrogens with zero attached hydrogens (tertiary/aromatic N) is 2. The molecule has 2 N–H and O–H groups in total. The fourth-order valence-corrected chi connectivity index (χ4v) is 3.11. The Hall–Kier alpha value is -2.47. The third kappa shape index (κ3) is 5.26. The lowest BCUT2D eigenvalue weighted by atomic mass is 10.1. The summed E-state index contributed by atoms with van der Waals surface area (Å²) >= 11 is 0. The number of hydrogen-bond acceptors (Lipinski definition) is 6. The van der Waals surface area contributed by atoms with E-state index in [1.165, 1.54) is 0 Å². The fourth-order valence-electron chi connectivity index (χ4n) is 2.09. The molecule has 0 aliphatic rings. The summed E-state index contributed by atoms with van der Waals surface area (Å²) in [4.78, 5) is 15.4. The number of hydrogen-bond donors (Lipinski definition) is 2. The lowest BCUT2D eigenvalue weighted by molar-refractivity contribution is -0.137. The van der Waals surface area contributed by atoms with Gasteiger partial charge in [-0.25, -0.2) is 13.1 Å². The van der Waals surface area contributed by atoms with Crippen LogP contribution in [0.5, 0.6) is 0 Å². The molecule has 0 radical (unpaired) electrons. The summed E-state index contributed by atoms with van der Waals surface area (Å²) in [6.07, 6.45) is -4.68. The van der Waals surface area contributed by atoms with Crippen LogP contribution in [0.1, 0.15) is 31.1 Å². The second kappa shape index (κ2) is 7.27. The van der Waals surface area contributed by atoms with Crippen LogP contribution < -0.4 is 10.0 Å². The van der Waals surface area contributed by atoms with Gasteiger partial charge in [-0.05, 0) is 32.0 Å². The van der Waals surface area contributed by atoms with Crippen LogP contribution in [0, 0.1) is 6.92 Å². The molecule has 2 aromatic rings. The van der Waals surface area contributed by atoms with Gasteiger partial charge in [0.25, 0.3) is 0 Å². The SMILES string of the molecule is Cc1nc(C(C)(C)NC(=O)CNS(=O)(=O)c2cccc(C(F)(F)F)c2)no1. The maximum atomic E-state index is 12.7. The van der Waals surface area contributed by atoms with Gasteiger partial charge in [-0.3, -0.25) is 4.79 Å². The molecule has 148 valence electrons. The second-order valence-corrected chi connectivity index (χ2v) is 7.93. The molecule has 0 saturated heterocycles. The van der Waals surface area contributed by atoms with Gasteiger partial charge in [0.2, 0.25) is 21.8 Å². The standard InChI is InChI=1S/C15H17F3N4O4S/c1-9-20-13(22-26-9)14(2,3)21-12(23)8-19-27(24,25)11-6-4-5-10(7-11)15(16,17)18/h4-7,19H,8H2,1-3H3,(H,21,23). The summed E-state index contributed by atoms with van der Waals surface area (Å²) < 4.78 is 69.3. The normalized spacial score (nSPS) is 12.8. The van der Waals surface area contributed by atoms with Crippen LogP contribution in [0.3, 0.4) is 0 Å². The molecule has 0 unspecified atom stereocenters. The summed E-state index contributed by atoms with van der Waals surface area (Å²) in [7, 11) is -4.31. The number of halogens is 3. The summed E-state index contributed by atoms with van der Waals surface area (Å²) in [5, 5.41) is 6.20. The van der Waals surface area contributed by atoms with Gasteiger partial charge in [-0.15, -0.1) is 0 Å². The first-order valence-electron chi connectivity index (χ1n) is 7.60. The molecule has 8 nitrogen and oxygen atoms in total. The van der Waals surface area contributed by atoms with Crippen LogP contribution in [0.2, 0.25) is 0 Å². The number of aromatic nitrogens is 2. The Morgan fingerprint density at radius 2 is 1.93 bits per heavy atom. The Kier molecular flexibility index (Phi) is 5.61. The van der Waals surface area contributed by atoms with Gasteiger partial charge in [0.1, 0.15) is 0 Å². The summed E-state index contributed by atoms with van der Waals surface area (Å²) in [5.41, 5.74) is -2.15. The number of nitrogens with one attached hydrogen (secondary N) is 2. The maximum Gasteiger partial charge on any atom is 0.416 e. The minimum atomic E-state index is -4.68. The molecule has 1 heterocycles. The molecular formula is C15H17F3N4O4S. The summed E-state index contributed by atoms with van der Waals surface area (Å²) in [5.74, 6) is -0.246. The van der Waals surface area contributed by atoms with Crippen LogP contribution in [-0.4, -0.2) is 31.0 Å². The van der Waals surface area contributed by atoms with Crippen molar-refractivity contribution < 1.29 is 30.9 Å². The Morgan fingerprint density at radius 3 is 2.48 bits per heavy atom. The molecule has 0 saturated carbocycles. The van der Waals surface area contributed by atoms with Crippen LogP contribution in [0.25, 0.3) is 0 Å². The van der Waals surface area contributed by atoms with E-state index in [9.17, 15) is 26.4 Å². The van der Waals surface area contributed by atoms with Crippen LogP contribution in [0.15, 0.2) is 33.7 Å². The first kappa shape index (κ1) is 20.8. The zero-order valence-corrected chi connectivity index (χ0v) is 15.4. The lowest BCUT2D eigenvalue weighted by Crippen LogP contribution is -2.46. The number of benzene rings is 1. The van der Waals surface area contributed by atoms with E-state index in [1.54, 1.807) is 20.8 Å². The lowest BCUT2D eigenvalue weighted by Gasteiger charge is -2.22. The Morgan fingerprint density at radius 1 is 1.26 bits per heavy atom. The average molecular weight is 406 g/mol. The highest BCUT2D eigenvalue weighted by atomic mass is 32.2. The first-order chi connectivity index (χ1) is 12.3. The topological polar surface area (TPSA) is 114 Å². The largest absolute Gasteiger partial charge is 0.416 e. The molecular weight excluding hydrogens is 389 g/mol. The number of alkyl halides is 3. The fraction of sp³-hybridized carbons (Fsp3) is 0.400. The number of amides is 1. The van der Waals surface area contributed by atoms with E-state index in [0.29, 0.717) is 6.07 Å². The van der Waals surface area contributed by atoms with Gasteiger partial charge in [0.05, 0.1) is 22.5 Å². The van der Waals surface area contributed by atoms with E-state index >= 15 is 0 Å². The minimum Gasteiger partial charge on any atom is -0.343 e. The molecule has 2 rings (SSSR count). The summed E-state index contributed by atoms with van der Waals surface area (Å²) in [6, 6.07) is 3.22. The Balaban J connectivity index is 2.06. The highest BCUT2D eigenvalue weighted by Crippen LogP contribution is 2.30. The monoisotopic (exact) mass is 406 g/mol. The maximum absolute atomic E-state index is 12.7. The Bertz CT molecular complexity index is 939. The minimum absolute atomic E-state index is 0.189. The van der Waals surface area contributed by atoms with Crippen LogP contribution >= 0.6 is 0 Å². The smallest absolute Gasteiger partial charge is 0.343 e. The molecule has 0 atom stereocenters. The predicted octanol–water partition coefficient (Wildman–Crippen LogP) is 1.73. The van der Waals surface area contributed by atoms with E-state index < -0.39 is 44.6 Å². The van der Waals surface area contributed by atoms with E-state index in [0.717, 1.165) is 18.2 Å². The zero-order chi connectivity index (χ0) is 20.5. The number of carbonyl (C=O) groups is 1. The van der Waals surface area contributed by atoms with Crippen molar-refractivity contribution in [1.82, 2.24) is 20.2 Å². The first-order valence-corrected chi connectivity index (χ1v) is 9.08. The number of aryl methyl sites for hydroxylation is 1. The molecule has 0 spiro atoms. The molecule has 0 aliphatic carbocycles. The third-order valence-electron chi connectivity index (χ3n) is 3.43. The van der Waals surface area contributed by atoms with Crippen molar-refractivity contribution in [1.29, 1.82) is 0 Å². The molecule has 0 bridgehead atoms. The molecule has 12 heteroatoms. The molecule has 27 heavy (non-hydrogen) atoms. The highest BCUT2D eigenvalue weighted by molar-refractivity contribution is 7.89. The summed E-state index contributed by atoms with van der Waals surface area (Å²) in [6.45, 7) is 4.05. The van der Waals surface area contributed by atoms with Crippen molar-refractivity contribution in [3.63, 3.8) is 0 Å². The molecule has 0 aliphatic heterocycles. The van der Waals surface area contributed by atoms with Gasteiger partial charge >= 0.3 is 6.18 Å². The van der Waals surface area contributed by atoms with E-state index in [1.807, 2.05) is 4.72 Å². The van der Waals surface area contributed by atoms with Gasteiger partial charge in [-0.2, -0.15) is 18.2 Å². The van der Waals surface area contributed by atoms with Crippen molar-refractivity contribution >= 4 is 15.9 Å². The quantitative estimate of drug-likeness (QED) is 0.755. The van der Waals surface area contributed by atoms with Crippen molar-refractivity contribution in [2.45, 2.75) is 37.4 Å². The average Bonchev–Trinajstić information content (AvgIpc) is 3.00. The highest BCUT2D eigenvalue weighted by Gasteiger charge is 2.32. The van der Waals surface area contributed by atoms with E-state index in [4.69, 9.17) is 4.52 Å². The molecule has 0 fully saturated rings. The van der Waals surface area contributed by atoms with Crippen LogP contribution in [0.4, 0.5) is 13.2 Å². The zero-order valence-electron chi connectivity index (χ0n) is 14.6. The Labute approximate surface area is 153 Å². The van der Waals surface area contributed by atoms with E-state index in [2.05, 4.69) is 15.5 Å². The van der Waals surface area contributed by atoms with Gasteiger partial charge in [0.15, 0.2) is 5.82 Å². The van der Waals surface area contributed by atoms with Crippen molar-refractivity contribution in [3.8, 4) is 0 Å².